The second kappa shape index (κ2) is 5.85. The number of halogens is 1. The molecule has 0 saturated carbocycles. The highest BCUT2D eigenvalue weighted by atomic mass is 35.5. The third kappa shape index (κ3) is 3.76. The second-order valence-corrected chi connectivity index (χ2v) is 5.73. The summed E-state index contributed by atoms with van der Waals surface area (Å²) < 4.78 is 0.881. The maximum atomic E-state index is 5.86. The summed E-state index contributed by atoms with van der Waals surface area (Å²) in [5.74, 6) is 0. The first kappa shape index (κ1) is 11.4. The van der Waals surface area contributed by atoms with Crippen molar-refractivity contribution in [2.45, 2.75) is 19.4 Å². The van der Waals surface area contributed by atoms with E-state index in [4.69, 9.17) is 11.6 Å². The minimum absolute atomic E-state index is 0.881. The number of thiophene rings is 1. The first-order valence-electron chi connectivity index (χ1n) is 5.52. The van der Waals surface area contributed by atoms with Crippen LogP contribution in [0.5, 0.6) is 0 Å². The number of nitrogens with one attached hydrogen (secondary N) is 1. The topological polar surface area (TPSA) is 15.3 Å². The van der Waals surface area contributed by atoms with Crippen molar-refractivity contribution in [1.29, 1.82) is 0 Å². The van der Waals surface area contributed by atoms with E-state index in [2.05, 4.69) is 16.3 Å². The normalized spacial score (nSPS) is 17.4. The van der Waals surface area contributed by atoms with E-state index in [0.29, 0.717) is 0 Å². The Labute approximate surface area is 100 Å². The smallest absolute Gasteiger partial charge is 0.0931 e. The quantitative estimate of drug-likeness (QED) is 0.801. The number of rotatable bonds is 5. The van der Waals surface area contributed by atoms with Gasteiger partial charge in [0.1, 0.15) is 0 Å². The lowest BCUT2D eigenvalue weighted by atomic mass is 10.4. The maximum Gasteiger partial charge on any atom is 0.0931 e. The molecule has 4 heteroatoms. The van der Waals surface area contributed by atoms with Gasteiger partial charge in [-0.15, -0.1) is 11.3 Å². The van der Waals surface area contributed by atoms with Crippen LogP contribution in [-0.4, -0.2) is 31.1 Å². The molecular formula is C11H17ClN2S. The highest BCUT2D eigenvalue weighted by Crippen LogP contribution is 2.20. The van der Waals surface area contributed by atoms with E-state index in [1.807, 2.05) is 6.07 Å². The lowest BCUT2D eigenvalue weighted by Crippen LogP contribution is -2.29. The minimum Gasteiger partial charge on any atom is -0.311 e. The Morgan fingerprint density at radius 1 is 1.33 bits per heavy atom. The summed E-state index contributed by atoms with van der Waals surface area (Å²) >= 11 is 7.52. The Morgan fingerprint density at radius 3 is 2.80 bits per heavy atom. The number of hydrogen-bond acceptors (Lipinski definition) is 3. The number of hydrogen-bond donors (Lipinski definition) is 1. The molecule has 1 aromatic rings. The Morgan fingerprint density at radius 2 is 2.13 bits per heavy atom. The molecule has 0 aromatic carbocycles. The summed E-state index contributed by atoms with van der Waals surface area (Å²) in [6, 6.07) is 4.06. The van der Waals surface area contributed by atoms with Gasteiger partial charge in [-0.05, 0) is 38.1 Å². The Bertz CT molecular complexity index is 295. The van der Waals surface area contributed by atoms with Crippen molar-refractivity contribution in [3.8, 4) is 0 Å². The first-order valence-corrected chi connectivity index (χ1v) is 6.71. The summed E-state index contributed by atoms with van der Waals surface area (Å²) in [5.41, 5.74) is 0. The van der Waals surface area contributed by atoms with E-state index >= 15 is 0 Å². The van der Waals surface area contributed by atoms with Crippen LogP contribution in [0.3, 0.4) is 0 Å². The molecule has 0 spiro atoms. The predicted molar refractivity (Wildman–Crippen MR) is 66.7 cm³/mol. The van der Waals surface area contributed by atoms with Gasteiger partial charge in [-0.2, -0.15) is 0 Å². The van der Waals surface area contributed by atoms with Crippen LogP contribution in [-0.2, 0) is 6.54 Å². The van der Waals surface area contributed by atoms with Gasteiger partial charge in [0, 0.05) is 24.5 Å². The number of likely N-dealkylation sites (tertiary alicyclic amines) is 1. The van der Waals surface area contributed by atoms with E-state index < -0.39 is 0 Å². The van der Waals surface area contributed by atoms with E-state index in [-0.39, 0.29) is 0 Å². The lowest BCUT2D eigenvalue weighted by molar-refractivity contribution is 0.336. The zero-order chi connectivity index (χ0) is 10.5. The van der Waals surface area contributed by atoms with Crippen LogP contribution in [0.25, 0.3) is 0 Å². The van der Waals surface area contributed by atoms with Gasteiger partial charge in [-0.1, -0.05) is 11.6 Å². The van der Waals surface area contributed by atoms with E-state index in [9.17, 15) is 0 Å². The molecule has 0 amide bonds. The minimum atomic E-state index is 0.881. The van der Waals surface area contributed by atoms with Crippen molar-refractivity contribution in [3.63, 3.8) is 0 Å². The van der Waals surface area contributed by atoms with Gasteiger partial charge >= 0.3 is 0 Å². The molecular weight excluding hydrogens is 228 g/mol. The van der Waals surface area contributed by atoms with Gasteiger partial charge in [-0.25, -0.2) is 0 Å². The predicted octanol–water partition coefficient (Wildman–Crippen LogP) is 2.59. The molecule has 15 heavy (non-hydrogen) atoms. The fourth-order valence-electron chi connectivity index (χ4n) is 1.90. The van der Waals surface area contributed by atoms with Crippen LogP contribution >= 0.6 is 22.9 Å². The standard InChI is InChI=1S/C11H17ClN2S/c12-11-4-3-10(15-11)9-13-5-8-14-6-1-2-7-14/h3-4,13H,1-2,5-9H2. The Balaban J connectivity index is 1.58. The fourth-order valence-corrected chi connectivity index (χ4v) is 2.96. The molecule has 1 saturated heterocycles. The molecule has 0 aliphatic carbocycles. The molecule has 0 bridgehead atoms. The summed E-state index contributed by atoms with van der Waals surface area (Å²) in [6.07, 6.45) is 2.75. The third-order valence-corrected chi connectivity index (χ3v) is 3.96. The van der Waals surface area contributed by atoms with Crippen molar-refractivity contribution in [2.75, 3.05) is 26.2 Å². The third-order valence-electron chi connectivity index (χ3n) is 2.73. The SMILES string of the molecule is Clc1ccc(CNCCN2CCCC2)s1. The molecule has 2 nitrogen and oxygen atoms in total. The zero-order valence-electron chi connectivity index (χ0n) is 8.84. The molecule has 1 aliphatic heterocycles. The van der Waals surface area contributed by atoms with Crippen molar-refractivity contribution < 1.29 is 0 Å². The fraction of sp³-hybridized carbons (Fsp3) is 0.636. The van der Waals surface area contributed by atoms with Crippen LogP contribution in [0.15, 0.2) is 12.1 Å². The molecule has 1 fully saturated rings. The van der Waals surface area contributed by atoms with Gasteiger partial charge in [0.2, 0.25) is 0 Å². The summed E-state index contributed by atoms with van der Waals surface area (Å²) in [6.45, 7) is 5.78. The van der Waals surface area contributed by atoms with E-state index in [1.54, 1.807) is 11.3 Å². The first-order chi connectivity index (χ1) is 7.34. The van der Waals surface area contributed by atoms with Gasteiger partial charge in [0.25, 0.3) is 0 Å². The Hall–Kier alpha value is -0.0900. The molecule has 0 atom stereocenters. The molecule has 2 rings (SSSR count). The summed E-state index contributed by atoms with van der Waals surface area (Å²) in [7, 11) is 0. The molecule has 2 heterocycles. The molecule has 0 radical (unpaired) electrons. The van der Waals surface area contributed by atoms with Crippen molar-refractivity contribution in [2.24, 2.45) is 0 Å². The highest BCUT2D eigenvalue weighted by Gasteiger charge is 2.09. The average Bonchev–Trinajstić information content (AvgIpc) is 2.84. The second-order valence-electron chi connectivity index (χ2n) is 3.93. The highest BCUT2D eigenvalue weighted by molar-refractivity contribution is 7.16. The monoisotopic (exact) mass is 244 g/mol. The molecule has 1 N–H and O–H groups in total. The Kier molecular flexibility index (Phi) is 4.44. The molecule has 1 aromatic heterocycles. The average molecular weight is 245 g/mol. The van der Waals surface area contributed by atoms with Gasteiger partial charge in [0.05, 0.1) is 4.34 Å². The molecule has 1 aliphatic rings. The van der Waals surface area contributed by atoms with Gasteiger partial charge in [-0.3, -0.25) is 0 Å². The maximum absolute atomic E-state index is 5.86. The number of nitrogens with zero attached hydrogens (tertiary/aromatic N) is 1. The van der Waals surface area contributed by atoms with Gasteiger partial charge in [0.15, 0.2) is 0 Å². The summed E-state index contributed by atoms with van der Waals surface area (Å²) in [5, 5.41) is 3.45. The van der Waals surface area contributed by atoms with Crippen molar-refractivity contribution >= 4 is 22.9 Å². The molecule has 84 valence electrons. The van der Waals surface area contributed by atoms with Crippen LogP contribution in [0.4, 0.5) is 0 Å². The van der Waals surface area contributed by atoms with Crippen LogP contribution in [0.2, 0.25) is 4.34 Å². The lowest BCUT2D eigenvalue weighted by Gasteiger charge is -2.14. The molecule has 0 unspecified atom stereocenters. The van der Waals surface area contributed by atoms with Crippen molar-refractivity contribution in [1.82, 2.24) is 10.2 Å². The largest absolute Gasteiger partial charge is 0.311 e. The summed E-state index contributed by atoms with van der Waals surface area (Å²) in [4.78, 5) is 3.84. The van der Waals surface area contributed by atoms with Crippen LogP contribution in [0, 0.1) is 0 Å². The van der Waals surface area contributed by atoms with Crippen LogP contribution in [0.1, 0.15) is 17.7 Å². The zero-order valence-corrected chi connectivity index (χ0v) is 10.4. The van der Waals surface area contributed by atoms with Crippen LogP contribution < -0.4 is 5.32 Å². The van der Waals surface area contributed by atoms with E-state index in [0.717, 1.165) is 17.4 Å². The van der Waals surface area contributed by atoms with E-state index in [1.165, 1.54) is 37.4 Å². The van der Waals surface area contributed by atoms with Crippen molar-refractivity contribution in [3.05, 3.63) is 21.3 Å². The van der Waals surface area contributed by atoms with Gasteiger partial charge < -0.3 is 10.2 Å².